The Morgan fingerprint density at radius 2 is 2.19 bits per heavy atom. The van der Waals surface area contributed by atoms with Crippen LogP contribution in [0.1, 0.15) is 0 Å². The third-order valence-corrected chi connectivity index (χ3v) is 2.41. The van der Waals surface area contributed by atoms with Crippen molar-refractivity contribution in [2.75, 3.05) is 38.7 Å². The zero-order valence-corrected chi connectivity index (χ0v) is 10.1. The molecule has 3 nitrogen and oxygen atoms in total. The number of benzene rings is 1. The van der Waals surface area contributed by atoms with E-state index in [-0.39, 0.29) is 0 Å². The minimum atomic E-state index is 0.847. The molecule has 1 aromatic carbocycles. The van der Waals surface area contributed by atoms with Crippen LogP contribution in [0.4, 0.5) is 5.69 Å². The molecule has 3 heteroatoms. The second kappa shape index (κ2) is 6.90. The predicted molar refractivity (Wildman–Crippen MR) is 69.3 cm³/mol. The van der Waals surface area contributed by atoms with Crippen molar-refractivity contribution in [1.82, 2.24) is 5.32 Å². The van der Waals surface area contributed by atoms with Crippen molar-refractivity contribution in [2.45, 2.75) is 0 Å². The molecule has 1 aromatic rings. The zero-order chi connectivity index (χ0) is 11.8. The molecule has 1 N–H and O–H groups in total. The third-order valence-electron chi connectivity index (χ3n) is 2.41. The molecular weight excluding hydrogens is 200 g/mol. The van der Waals surface area contributed by atoms with Crippen LogP contribution in [0.2, 0.25) is 0 Å². The van der Waals surface area contributed by atoms with Gasteiger partial charge in [0, 0.05) is 26.7 Å². The number of nitrogens with zero attached hydrogens (tertiary/aromatic N) is 1. The van der Waals surface area contributed by atoms with E-state index in [1.807, 2.05) is 24.3 Å². The highest BCUT2D eigenvalue weighted by Gasteiger charge is 2.05. The molecule has 0 heterocycles. The van der Waals surface area contributed by atoms with Crippen molar-refractivity contribution in [2.24, 2.45) is 0 Å². The molecule has 0 aromatic heterocycles. The third kappa shape index (κ3) is 3.59. The fourth-order valence-electron chi connectivity index (χ4n) is 1.52. The Hall–Kier alpha value is -1.48. The van der Waals surface area contributed by atoms with E-state index in [1.54, 1.807) is 7.11 Å². The van der Waals surface area contributed by atoms with Gasteiger partial charge in [0.2, 0.25) is 0 Å². The standard InChI is InChI=1S/C13H20N2O/c1-4-9-14-10-11-15(2)12-7-5-6-8-13(12)16-3/h4-8,14H,1,9-11H2,2-3H3. The van der Waals surface area contributed by atoms with Gasteiger partial charge in [0.05, 0.1) is 12.8 Å². The summed E-state index contributed by atoms with van der Waals surface area (Å²) >= 11 is 0. The smallest absolute Gasteiger partial charge is 0.142 e. The monoisotopic (exact) mass is 220 g/mol. The Bertz CT molecular complexity index is 325. The van der Waals surface area contributed by atoms with Crippen LogP contribution in [0.5, 0.6) is 5.75 Å². The van der Waals surface area contributed by atoms with Crippen LogP contribution in [0.3, 0.4) is 0 Å². The van der Waals surface area contributed by atoms with Gasteiger partial charge in [0.15, 0.2) is 0 Å². The number of para-hydroxylation sites is 2. The first-order valence-electron chi connectivity index (χ1n) is 5.45. The lowest BCUT2D eigenvalue weighted by molar-refractivity contribution is 0.415. The fraction of sp³-hybridized carbons (Fsp3) is 0.385. The summed E-state index contributed by atoms with van der Waals surface area (Å²) in [5, 5.41) is 3.27. The minimum Gasteiger partial charge on any atom is -0.495 e. The average molecular weight is 220 g/mol. The first-order chi connectivity index (χ1) is 7.79. The maximum Gasteiger partial charge on any atom is 0.142 e. The topological polar surface area (TPSA) is 24.5 Å². The molecule has 88 valence electrons. The summed E-state index contributed by atoms with van der Waals surface area (Å²) in [7, 11) is 3.76. The molecule has 16 heavy (non-hydrogen) atoms. The number of likely N-dealkylation sites (N-methyl/N-ethyl adjacent to an activating group) is 1. The lowest BCUT2D eigenvalue weighted by Gasteiger charge is -2.21. The zero-order valence-electron chi connectivity index (χ0n) is 10.1. The van der Waals surface area contributed by atoms with Crippen molar-refractivity contribution in [3.63, 3.8) is 0 Å². The second-order valence-corrected chi connectivity index (χ2v) is 3.59. The first kappa shape index (κ1) is 12.6. The van der Waals surface area contributed by atoms with Gasteiger partial charge in [-0.3, -0.25) is 0 Å². The maximum atomic E-state index is 5.32. The van der Waals surface area contributed by atoms with Gasteiger partial charge < -0.3 is 15.0 Å². The van der Waals surface area contributed by atoms with E-state index in [1.165, 1.54) is 0 Å². The fourth-order valence-corrected chi connectivity index (χ4v) is 1.52. The number of ether oxygens (including phenoxy) is 1. The molecule has 0 atom stereocenters. The largest absolute Gasteiger partial charge is 0.495 e. The molecule has 1 rings (SSSR count). The van der Waals surface area contributed by atoms with Crippen molar-refractivity contribution in [3.8, 4) is 5.75 Å². The van der Waals surface area contributed by atoms with Crippen LogP contribution in [-0.4, -0.2) is 33.8 Å². The van der Waals surface area contributed by atoms with Gasteiger partial charge in [0.1, 0.15) is 5.75 Å². The Labute approximate surface area is 97.7 Å². The summed E-state index contributed by atoms with van der Waals surface area (Å²) < 4.78 is 5.32. The molecule has 0 unspecified atom stereocenters. The van der Waals surface area contributed by atoms with E-state index >= 15 is 0 Å². The highest BCUT2D eigenvalue weighted by molar-refractivity contribution is 5.57. The van der Waals surface area contributed by atoms with Crippen LogP contribution in [-0.2, 0) is 0 Å². The molecule has 0 bridgehead atoms. The first-order valence-corrected chi connectivity index (χ1v) is 5.45. The molecule has 0 aliphatic heterocycles. The van der Waals surface area contributed by atoms with E-state index < -0.39 is 0 Å². The van der Waals surface area contributed by atoms with Gasteiger partial charge in [-0.1, -0.05) is 18.2 Å². The molecule has 0 fully saturated rings. The summed E-state index contributed by atoms with van der Waals surface area (Å²) in [5.74, 6) is 0.911. The molecule has 0 aliphatic rings. The van der Waals surface area contributed by atoms with Gasteiger partial charge in [-0.2, -0.15) is 0 Å². The van der Waals surface area contributed by atoms with E-state index in [9.17, 15) is 0 Å². The van der Waals surface area contributed by atoms with E-state index in [2.05, 4.69) is 29.9 Å². The quantitative estimate of drug-likeness (QED) is 0.561. The van der Waals surface area contributed by atoms with Crippen LogP contribution in [0.25, 0.3) is 0 Å². The maximum absolute atomic E-state index is 5.32. The number of hydrogen-bond donors (Lipinski definition) is 1. The molecule has 0 radical (unpaired) electrons. The Balaban J connectivity index is 2.51. The summed E-state index contributed by atoms with van der Waals surface area (Å²) in [4.78, 5) is 2.18. The molecular formula is C13H20N2O. The molecule has 0 aliphatic carbocycles. The van der Waals surface area contributed by atoms with Gasteiger partial charge in [-0.25, -0.2) is 0 Å². The lowest BCUT2D eigenvalue weighted by atomic mass is 10.2. The number of hydrogen-bond acceptors (Lipinski definition) is 3. The van der Waals surface area contributed by atoms with Crippen molar-refractivity contribution < 1.29 is 4.74 Å². The Morgan fingerprint density at radius 3 is 2.88 bits per heavy atom. The van der Waals surface area contributed by atoms with Crippen LogP contribution in [0, 0.1) is 0 Å². The van der Waals surface area contributed by atoms with Gasteiger partial charge in [-0.05, 0) is 12.1 Å². The van der Waals surface area contributed by atoms with E-state index in [4.69, 9.17) is 4.74 Å². The van der Waals surface area contributed by atoms with Gasteiger partial charge in [-0.15, -0.1) is 6.58 Å². The van der Waals surface area contributed by atoms with Crippen molar-refractivity contribution in [1.29, 1.82) is 0 Å². The van der Waals surface area contributed by atoms with E-state index in [0.29, 0.717) is 0 Å². The number of nitrogens with one attached hydrogen (secondary N) is 1. The molecule has 0 amide bonds. The summed E-state index contributed by atoms with van der Waals surface area (Å²) in [6, 6.07) is 8.03. The normalized spacial score (nSPS) is 9.88. The van der Waals surface area contributed by atoms with E-state index in [0.717, 1.165) is 31.1 Å². The summed E-state index contributed by atoms with van der Waals surface area (Å²) in [5.41, 5.74) is 1.12. The van der Waals surface area contributed by atoms with Crippen LogP contribution in [0.15, 0.2) is 36.9 Å². The minimum absolute atomic E-state index is 0.847. The van der Waals surface area contributed by atoms with Gasteiger partial charge in [0.25, 0.3) is 0 Å². The van der Waals surface area contributed by atoms with Crippen LogP contribution >= 0.6 is 0 Å². The second-order valence-electron chi connectivity index (χ2n) is 3.59. The average Bonchev–Trinajstić information content (AvgIpc) is 2.34. The highest BCUT2D eigenvalue weighted by atomic mass is 16.5. The number of rotatable bonds is 7. The molecule has 0 saturated heterocycles. The number of methoxy groups -OCH3 is 1. The summed E-state index contributed by atoms with van der Waals surface area (Å²) in [6.45, 7) is 6.38. The van der Waals surface area contributed by atoms with Crippen molar-refractivity contribution >= 4 is 5.69 Å². The Kier molecular flexibility index (Phi) is 5.43. The lowest BCUT2D eigenvalue weighted by Crippen LogP contribution is -2.29. The van der Waals surface area contributed by atoms with Crippen molar-refractivity contribution in [3.05, 3.63) is 36.9 Å². The number of anilines is 1. The van der Waals surface area contributed by atoms with Crippen LogP contribution < -0.4 is 15.0 Å². The molecule has 0 saturated carbocycles. The van der Waals surface area contributed by atoms with Gasteiger partial charge >= 0.3 is 0 Å². The predicted octanol–water partition coefficient (Wildman–Crippen LogP) is 1.91. The Morgan fingerprint density at radius 1 is 1.44 bits per heavy atom. The highest BCUT2D eigenvalue weighted by Crippen LogP contribution is 2.25. The molecule has 0 spiro atoms. The SMILES string of the molecule is C=CCNCCN(C)c1ccccc1OC. The summed E-state index contributed by atoms with van der Waals surface area (Å²) in [6.07, 6.45) is 1.86.